The maximum Gasteiger partial charge on any atom is 0.407 e. The quantitative estimate of drug-likeness (QED) is 0.346. The number of ether oxygens (including phenoxy) is 2. The fourth-order valence-electron chi connectivity index (χ4n) is 4.71. The molecule has 4 rings (SSSR count). The molecular formula is C30H32N2O6. The molecule has 2 amide bonds. The second kappa shape index (κ2) is 12.4. The van der Waals surface area contributed by atoms with Crippen LogP contribution in [0.25, 0.3) is 11.1 Å². The Kier molecular flexibility index (Phi) is 8.76. The molecule has 0 heterocycles. The molecule has 3 N–H and O–H groups in total. The summed E-state index contributed by atoms with van der Waals surface area (Å²) in [4.78, 5) is 37.0. The van der Waals surface area contributed by atoms with Crippen LogP contribution in [0.15, 0.2) is 78.9 Å². The highest BCUT2D eigenvalue weighted by Gasteiger charge is 2.32. The lowest BCUT2D eigenvalue weighted by molar-refractivity contribution is -0.137. The summed E-state index contributed by atoms with van der Waals surface area (Å²) in [5, 5.41) is 14.3. The molecule has 0 saturated heterocycles. The van der Waals surface area contributed by atoms with E-state index in [1.807, 2.05) is 66.7 Å². The Morgan fingerprint density at radius 3 is 2.03 bits per heavy atom. The van der Waals surface area contributed by atoms with Crippen molar-refractivity contribution >= 4 is 18.0 Å². The molecule has 0 bridgehead atoms. The number of carbonyl (C=O) groups excluding carboxylic acids is 2. The number of carboxylic acid groups (broad SMARTS) is 1. The number of alkyl carbamates (subject to hydrolysis) is 1. The van der Waals surface area contributed by atoms with Crippen molar-refractivity contribution in [1.82, 2.24) is 10.6 Å². The summed E-state index contributed by atoms with van der Waals surface area (Å²) < 4.78 is 11.5. The second-order valence-corrected chi connectivity index (χ2v) is 9.46. The van der Waals surface area contributed by atoms with Gasteiger partial charge < -0.3 is 25.2 Å². The molecule has 0 aliphatic heterocycles. The molecule has 0 fully saturated rings. The highest BCUT2D eigenvalue weighted by Crippen LogP contribution is 2.44. The maximum atomic E-state index is 13.1. The number of hydrogen-bond donors (Lipinski definition) is 3. The number of fused-ring (bicyclic) bond motifs is 3. The van der Waals surface area contributed by atoms with Crippen molar-refractivity contribution in [1.29, 1.82) is 0 Å². The van der Waals surface area contributed by atoms with Gasteiger partial charge in [0.15, 0.2) is 0 Å². The Morgan fingerprint density at radius 1 is 0.842 bits per heavy atom. The van der Waals surface area contributed by atoms with Gasteiger partial charge in [-0.2, -0.15) is 0 Å². The highest BCUT2D eigenvalue weighted by molar-refractivity contribution is 5.87. The molecule has 3 aromatic carbocycles. The van der Waals surface area contributed by atoms with Crippen molar-refractivity contribution in [3.05, 3.63) is 95.6 Å². The Balaban J connectivity index is 1.43. The van der Waals surface area contributed by atoms with Gasteiger partial charge in [-0.25, -0.2) is 4.79 Å². The molecule has 8 heteroatoms. The fraction of sp³-hybridized carbons (Fsp3) is 0.300. The summed E-state index contributed by atoms with van der Waals surface area (Å²) in [5.74, 6) is -1.71. The molecule has 8 nitrogen and oxygen atoms in total. The molecule has 0 aromatic heterocycles. The molecule has 3 atom stereocenters. The monoisotopic (exact) mass is 516 g/mol. The summed E-state index contributed by atoms with van der Waals surface area (Å²) in [7, 11) is 0. The molecule has 38 heavy (non-hydrogen) atoms. The number of carbonyl (C=O) groups is 3. The normalized spacial score (nSPS) is 14.5. The number of amides is 2. The van der Waals surface area contributed by atoms with E-state index in [2.05, 4.69) is 22.8 Å². The first-order valence-corrected chi connectivity index (χ1v) is 12.6. The van der Waals surface area contributed by atoms with E-state index in [1.165, 1.54) is 0 Å². The molecule has 0 saturated carbocycles. The number of rotatable bonds is 11. The lowest BCUT2D eigenvalue weighted by atomic mass is 9.98. The SMILES string of the molecule is C[C@H](CC(=O)O)NC(=O)[C@H](NC(=O)OCC1c2ccccc2-c2ccccc21)[C@H](C)OCc1ccccc1. The minimum Gasteiger partial charge on any atom is -0.481 e. The third-order valence-corrected chi connectivity index (χ3v) is 6.59. The van der Waals surface area contributed by atoms with E-state index < -0.39 is 36.2 Å². The van der Waals surface area contributed by atoms with Gasteiger partial charge in [0.05, 0.1) is 19.1 Å². The number of carboxylic acids is 1. The van der Waals surface area contributed by atoms with Crippen molar-refractivity contribution in [2.75, 3.05) is 6.61 Å². The zero-order valence-electron chi connectivity index (χ0n) is 21.4. The van der Waals surface area contributed by atoms with E-state index in [0.29, 0.717) is 0 Å². The Bertz CT molecular complexity index is 1230. The summed E-state index contributed by atoms with van der Waals surface area (Å²) >= 11 is 0. The van der Waals surface area contributed by atoms with Crippen LogP contribution in [0.5, 0.6) is 0 Å². The topological polar surface area (TPSA) is 114 Å². The number of hydrogen-bond acceptors (Lipinski definition) is 5. The van der Waals surface area contributed by atoms with Crippen molar-refractivity contribution in [3.63, 3.8) is 0 Å². The Hall–Kier alpha value is -4.17. The van der Waals surface area contributed by atoms with E-state index in [0.717, 1.165) is 27.8 Å². The average Bonchev–Trinajstić information content (AvgIpc) is 3.23. The van der Waals surface area contributed by atoms with Crippen molar-refractivity contribution in [3.8, 4) is 11.1 Å². The van der Waals surface area contributed by atoms with Gasteiger partial charge >= 0.3 is 12.1 Å². The summed E-state index contributed by atoms with van der Waals surface area (Å²) in [6, 6.07) is 23.8. The standard InChI is InChI=1S/C30H32N2O6/c1-19(16-27(33)34)31-29(35)28(20(2)37-17-21-10-4-3-5-11-21)32-30(36)38-18-26-24-14-8-6-12-22(24)23-13-7-9-15-25(23)26/h3-15,19-20,26,28H,16-18H2,1-2H3,(H,31,35)(H,32,36)(H,33,34)/t19-,20+,28-/m1/s1. The summed E-state index contributed by atoms with van der Waals surface area (Å²) in [5.41, 5.74) is 5.31. The summed E-state index contributed by atoms with van der Waals surface area (Å²) in [6.07, 6.45) is -1.72. The van der Waals surface area contributed by atoms with Gasteiger partial charge in [0.1, 0.15) is 12.6 Å². The minimum absolute atomic E-state index is 0.100. The first-order valence-electron chi connectivity index (χ1n) is 12.6. The van der Waals surface area contributed by atoms with Gasteiger partial charge in [-0.3, -0.25) is 9.59 Å². The van der Waals surface area contributed by atoms with E-state index in [9.17, 15) is 14.4 Å². The molecule has 3 aromatic rings. The predicted octanol–water partition coefficient (Wildman–Crippen LogP) is 4.48. The third kappa shape index (κ3) is 6.58. The molecule has 0 spiro atoms. The van der Waals surface area contributed by atoms with Crippen LogP contribution in [-0.4, -0.2) is 47.9 Å². The molecular weight excluding hydrogens is 484 g/mol. The van der Waals surface area contributed by atoms with Crippen LogP contribution in [0.3, 0.4) is 0 Å². The van der Waals surface area contributed by atoms with Crippen LogP contribution >= 0.6 is 0 Å². The van der Waals surface area contributed by atoms with Crippen molar-refractivity contribution < 1.29 is 29.0 Å². The molecule has 198 valence electrons. The maximum absolute atomic E-state index is 13.1. The van der Waals surface area contributed by atoms with Crippen LogP contribution in [0.2, 0.25) is 0 Å². The van der Waals surface area contributed by atoms with Crippen molar-refractivity contribution in [2.24, 2.45) is 0 Å². The summed E-state index contributed by atoms with van der Waals surface area (Å²) in [6.45, 7) is 3.61. The van der Waals surface area contributed by atoms with E-state index in [-0.39, 0.29) is 25.6 Å². The van der Waals surface area contributed by atoms with Gasteiger partial charge in [-0.05, 0) is 41.7 Å². The van der Waals surface area contributed by atoms with Gasteiger partial charge in [-0.1, -0.05) is 78.9 Å². The number of benzene rings is 3. The van der Waals surface area contributed by atoms with Crippen LogP contribution in [0.1, 0.15) is 42.9 Å². The number of aliphatic carboxylic acids is 1. The van der Waals surface area contributed by atoms with Crippen LogP contribution in [0.4, 0.5) is 4.79 Å². The van der Waals surface area contributed by atoms with Gasteiger partial charge in [0, 0.05) is 12.0 Å². The lowest BCUT2D eigenvalue weighted by Crippen LogP contribution is -2.55. The number of nitrogens with one attached hydrogen (secondary N) is 2. The third-order valence-electron chi connectivity index (χ3n) is 6.59. The largest absolute Gasteiger partial charge is 0.481 e. The molecule has 0 radical (unpaired) electrons. The minimum atomic E-state index is -1.09. The van der Waals surface area contributed by atoms with Gasteiger partial charge in [0.25, 0.3) is 0 Å². The zero-order chi connectivity index (χ0) is 27.1. The fourth-order valence-corrected chi connectivity index (χ4v) is 4.71. The lowest BCUT2D eigenvalue weighted by Gasteiger charge is -2.26. The van der Waals surface area contributed by atoms with E-state index >= 15 is 0 Å². The highest BCUT2D eigenvalue weighted by atomic mass is 16.5. The Labute approximate surface area is 222 Å². The van der Waals surface area contributed by atoms with E-state index in [1.54, 1.807) is 13.8 Å². The smallest absolute Gasteiger partial charge is 0.407 e. The van der Waals surface area contributed by atoms with Gasteiger partial charge in [0.2, 0.25) is 5.91 Å². The zero-order valence-corrected chi connectivity index (χ0v) is 21.4. The van der Waals surface area contributed by atoms with E-state index in [4.69, 9.17) is 14.6 Å². The van der Waals surface area contributed by atoms with Crippen LogP contribution in [-0.2, 0) is 25.7 Å². The van der Waals surface area contributed by atoms with Crippen molar-refractivity contribution in [2.45, 2.75) is 51.0 Å². The predicted molar refractivity (Wildman–Crippen MR) is 143 cm³/mol. The molecule has 0 unspecified atom stereocenters. The molecule has 1 aliphatic rings. The Morgan fingerprint density at radius 2 is 1.42 bits per heavy atom. The first-order chi connectivity index (χ1) is 18.3. The second-order valence-electron chi connectivity index (χ2n) is 9.46. The van der Waals surface area contributed by atoms with Crippen LogP contribution < -0.4 is 10.6 Å². The first kappa shape index (κ1) is 26.9. The average molecular weight is 517 g/mol. The van der Waals surface area contributed by atoms with Gasteiger partial charge in [-0.15, -0.1) is 0 Å². The molecule has 1 aliphatic carbocycles. The van der Waals surface area contributed by atoms with Crippen LogP contribution in [0, 0.1) is 0 Å².